The molecule has 0 aliphatic heterocycles. The van der Waals surface area contributed by atoms with Crippen LogP contribution in [0.4, 0.5) is 5.82 Å². The van der Waals surface area contributed by atoms with E-state index in [-0.39, 0.29) is 18.5 Å². The van der Waals surface area contributed by atoms with Gasteiger partial charge in [-0.3, -0.25) is 4.79 Å². The summed E-state index contributed by atoms with van der Waals surface area (Å²) >= 11 is 0. The van der Waals surface area contributed by atoms with Crippen molar-refractivity contribution in [3.8, 4) is 0 Å². The second-order valence-electron chi connectivity index (χ2n) is 4.95. The summed E-state index contributed by atoms with van der Waals surface area (Å²) < 4.78 is 0. The van der Waals surface area contributed by atoms with E-state index in [4.69, 9.17) is 0 Å². The Morgan fingerprint density at radius 3 is 2.85 bits per heavy atom. The third-order valence-corrected chi connectivity index (χ3v) is 3.28. The molecule has 5 nitrogen and oxygen atoms in total. The molecule has 0 bridgehead atoms. The summed E-state index contributed by atoms with van der Waals surface area (Å²) in [6, 6.07) is 7.98. The minimum atomic E-state index is 0.00421. The van der Waals surface area contributed by atoms with Crippen molar-refractivity contribution in [2.75, 3.05) is 18.5 Å². The van der Waals surface area contributed by atoms with Crippen LogP contribution in [-0.2, 0) is 4.79 Å². The van der Waals surface area contributed by atoms with Crippen LogP contribution in [0.2, 0.25) is 0 Å². The third-order valence-electron chi connectivity index (χ3n) is 3.28. The van der Waals surface area contributed by atoms with Crippen molar-refractivity contribution >= 4 is 22.6 Å². The summed E-state index contributed by atoms with van der Waals surface area (Å²) in [5, 5.41) is 3.91. The summed E-state index contributed by atoms with van der Waals surface area (Å²) in [5.74, 6) is 0.777. The van der Waals surface area contributed by atoms with Gasteiger partial charge in [0.25, 0.3) is 0 Å². The molecule has 5 heteroatoms. The topological polar surface area (TPSA) is 58.1 Å². The molecule has 0 saturated carbocycles. The van der Waals surface area contributed by atoms with E-state index < -0.39 is 0 Å². The van der Waals surface area contributed by atoms with E-state index >= 15 is 0 Å². The summed E-state index contributed by atoms with van der Waals surface area (Å²) in [4.78, 5) is 22.3. The predicted octanol–water partition coefficient (Wildman–Crippen LogP) is 1.98. The first-order valence-corrected chi connectivity index (χ1v) is 6.82. The minimum Gasteiger partial charge on any atom is -0.352 e. The molecule has 1 heterocycles. The van der Waals surface area contributed by atoms with E-state index in [0.29, 0.717) is 0 Å². The molecule has 1 unspecified atom stereocenters. The number of carbonyl (C=O) groups excluding carboxylic acids is 1. The van der Waals surface area contributed by atoms with Gasteiger partial charge >= 0.3 is 0 Å². The number of rotatable bonds is 5. The molecule has 0 radical (unpaired) electrons. The first-order valence-electron chi connectivity index (χ1n) is 6.82. The lowest BCUT2D eigenvalue weighted by Gasteiger charge is -2.20. The number of hydrogen-bond donors (Lipinski definition) is 1. The number of fused-ring (bicyclic) bond motifs is 1. The fourth-order valence-corrected chi connectivity index (χ4v) is 2.01. The molecule has 2 rings (SSSR count). The molecular formula is C15H20N4O. The summed E-state index contributed by atoms with van der Waals surface area (Å²) in [6.45, 7) is 4.33. The van der Waals surface area contributed by atoms with Crippen molar-refractivity contribution in [1.82, 2.24) is 15.3 Å². The summed E-state index contributed by atoms with van der Waals surface area (Å²) in [6.07, 6.45) is 2.45. The van der Waals surface area contributed by atoms with E-state index in [1.54, 1.807) is 0 Å². The molecule has 1 atom stereocenters. The van der Waals surface area contributed by atoms with Crippen LogP contribution in [-0.4, -0.2) is 35.5 Å². The zero-order chi connectivity index (χ0) is 14.5. The molecule has 0 saturated heterocycles. The normalized spacial score (nSPS) is 12.2. The van der Waals surface area contributed by atoms with Gasteiger partial charge in [0, 0.05) is 18.5 Å². The van der Waals surface area contributed by atoms with Crippen LogP contribution in [0.3, 0.4) is 0 Å². The maximum Gasteiger partial charge on any atom is 0.239 e. The van der Waals surface area contributed by atoms with Crippen LogP contribution in [0, 0.1) is 0 Å². The lowest BCUT2D eigenvalue weighted by molar-refractivity contribution is -0.120. The Labute approximate surface area is 119 Å². The Hall–Kier alpha value is -2.17. The van der Waals surface area contributed by atoms with Crippen molar-refractivity contribution in [1.29, 1.82) is 0 Å². The second kappa shape index (κ2) is 6.32. The number of amides is 1. The molecule has 20 heavy (non-hydrogen) atoms. The lowest BCUT2D eigenvalue weighted by atomic mass is 10.2. The highest BCUT2D eigenvalue weighted by molar-refractivity contribution is 5.91. The van der Waals surface area contributed by atoms with Gasteiger partial charge in [-0.15, -0.1) is 0 Å². The van der Waals surface area contributed by atoms with Crippen LogP contribution in [0.25, 0.3) is 10.9 Å². The van der Waals surface area contributed by atoms with Crippen LogP contribution in [0.15, 0.2) is 30.6 Å². The Morgan fingerprint density at radius 2 is 2.10 bits per heavy atom. The van der Waals surface area contributed by atoms with Gasteiger partial charge < -0.3 is 10.2 Å². The molecule has 0 fully saturated rings. The van der Waals surface area contributed by atoms with Gasteiger partial charge in [-0.25, -0.2) is 9.97 Å². The highest BCUT2D eigenvalue weighted by Crippen LogP contribution is 2.20. The van der Waals surface area contributed by atoms with Gasteiger partial charge in [-0.2, -0.15) is 0 Å². The number of benzene rings is 1. The Balaban J connectivity index is 2.15. The molecular weight excluding hydrogens is 252 g/mol. The maximum atomic E-state index is 11.9. The number of nitrogens with zero attached hydrogens (tertiary/aromatic N) is 3. The molecule has 1 amide bonds. The van der Waals surface area contributed by atoms with Crippen LogP contribution in [0.5, 0.6) is 0 Å². The van der Waals surface area contributed by atoms with Gasteiger partial charge in [-0.05, 0) is 25.5 Å². The molecule has 106 valence electrons. The summed E-state index contributed by atoms with van der Waals surface area (Å²) in [7, 11) is 1.87. The van der Waals surface area contributed by atoms with Crippen LogP contribution in [0.1, 0.15) is 20.3 Å². The molecule has 1 aromatic carbocycles. The second-order valence-corrected chi connectivity index (χ2v) is 4.95. The molecule has 0 aliphatic rings. The molecule has 0 aliphatic carbocycles. The van der Waals surface area contributed by atoms with E-state index in [2.05, 4.69) is 15.3 Å². The minimum absolute atomic E-state index is 0.00421. The van der Waals surface area contributed by atoms with Crippen molar-refractivity contribution in [3.05, 3.63) is 30.6 Å². The van der Waals surface area contributed by atoms with Gasteiger partial charge in [0.1, 0.15) is 12.1 Å². The monoisotopic (exact) mass is 272 g/mol. The van der Waals surface area contributed by atoms with Gasteiger partial charge in [-0.1, -0.05) is 19.1 Å². The number of para-hydroxylation sites is 1. The third kappa shape index (κ3) is 3.23. The standard InChI is InChI=1S/C15H20N4O/c1-4-11(2)18-14(20)9-19(3)15-12-7-5-6-8-13(12)16-10-17-15/h5-8,10-11H,4,9H2,1-3H3,(H,18,20). The van der Waals surface area contributed by atoms with Crippen molar-refractivity contribution in [2.45, 2.75) is 26.3 Å². The van der Waals surface area contributed by atoms with E-state index in [9.17, 15) is 4.79 Å². The van der Waals surface area contributed by atoms with E-state index in [1.165, 1.54) is 6.33 Å². The number of hydrogen-bond acceptors (Lipinski definition) is 4. The Morgan fingerprint density at radius 1 is 1.35 bits per heavy atom. The number of nitrogens with one attached hydrogen (secondary N) is 1. The predicted molar refractivity (Wildman–Crippen MR) is 80.7 cm³/mol. The number of carbonyl (C=O) groups is 1. The summed E-state index contributed by atoms with van der Waals surface area (Å²) in [5.41, 5.74) is 0.881. The molecule has 2 aromatic rings. The van der Waals surface area contributed by atoms with Crippen molar-refractivity contribution < 1.29 is 4.79 Å². The molecule has 1 N–H and O–H groups in total. The smallest absolute Gasteiger partial charge is 0.239 e. The van der Waals surface area contributed by atoms with E-state index in [1.807, 2.05) is 50.1 Å². The average Bonchev–Trinajstić information content (AvgIpc) is 2.46. The quantitative estimate of drug-likeness (QED) is 0.904. The van der Waals surface area contributed by atoms with Crippen molar-refractivity contribution in [3.63, 3.8) is 0 Å². The molecule has 1 aromatic heterocycles. The highest BCUT2D eigenvalue weighted by atomic mass is 16.2. The maximum absolute atomic E-state index is 11.9. The van der Waals surface area contributed by atoms with Crippen LogP contribution >= 0.6 is 0 Å². The first-order chi connectivity index (χ1) is 9.61. The number of anilines is 1. The highest BCUT2D eigenvalue weighted by Gasteiger charge is 2.13. The fraction of sp³-hybridized carbons (Fsp3) is 0.400. The van der Waals surface area contributed by atoms with E-state index in [0.717, 1.165) is 23.1 Å². The van der Waals surface area contributed by atoms with Crippen molar-refractivity contribution in [2.24, 2.45) is 0 Å². The van der Waals surface area contributed by atoms with Crippen LogP contribution < -0.4 is 10.2 Å². The zero-order valence-electron chi connectivity index (χ0n) is 12.1. The Bertz CT molecular complexity index is 594. The average molecular weight is 272 g/mol. The number of likely N-dealkylation sites (N-methyl/N-ethyl adjacent to an activating group) is 1. The zero-order valence-corrected chi connectivity index (χ0v) is 12.1. The SMILES string of the molecule is CCC(C)NC(=O)CN(C)c1ncnc2ccccc12. The molecule has 0 spiro atoms. The number of aromatic nitrogens is 2. The Kier molecular flexibility index (Phi) is 4.50. The lowest BCUT2D eigenvalue weighted by Crippen LogP contribution is -2.39. The largest absolute Gasteiger partial charge is 0.352 e. The van der Waals surface area contributed by atoms with Gasteiger partial charge in [0.2, 0.25) is 5.91 Å². The fourth-order valence-electron chi connectivity index (χ4n) is 2.01. The van der Waals surface area contributed by atoms with Gasteiger partial charge in [0.05, 0.1) is 12.1 Å². The first kappa shape index (κ1) is 14.2. The van der Waals surface area contributed by atoms with Gasteiger partial charge in [0.15, 0.2) is 0 Å².